The second-order valence-electron chi connectivity index (χ2n) is 4.67. The third kappa shape index (κ3) is 4.64. The summed E-state index contributed by atoms with van der Waals surface area (Å²) in [7, 11) is 0. The largest absolute Gasteiger partial charge is 0.492 e. The van der Waals surface area contributed by atoms with Crippen LogP contribution in [0.15, 0.2) is 48.8 Å². The molecule has 0 aliphatic heterocycles. The number of aromatic nitrogens is 1. The van der Waals surface area contributed by atoms with Gasteiger partial charge in [-0.05, 0) is 25.1 Å². The summed E-state index contributed by atoms with van der Waals surface area (Å²) < 4.78 is 5.59. The number of nitrogens with one attached hydrogen (secondary N) is 1. The van der Waals surface area contributed by atoms with Gasteiger partial charge >= 0.3 is 0 Å². The lowest BCUT2D eigenvalue weighted by atomic mass is 10.1. The molecule has 0 radical (unpaired) electrons. The van der Waals surface area contributed by atoms with Crippen LogP contribution in [0.3, 0.4) is 0 Å². The molecule has 1 aromatic carbocycles. The molecule has 1 aromatic heterocycles. The Bertz CT molecular complexity index is 500. The van der Waals surface area contributed by atoms with Crippen LogP contribution in [-0.2, 0) is 0 Å². The van der Waals surface area contributed by atoms with Gasteiger partial charge in [0.1, 0.15) is 12.4 Å². The van der Waals surface area contributed by atoms with Gasteiger partial charge < -0.3 is 15.2 Å². The maximum absolute atomic E-state index is 9.92. The molecule has 1 atom stereocenters. The Kier molecular flexibility index (Phi) is 5.53. The van der Waals surface area contributed by atoms with Crippen molar-refractivity contribution in [2.75, 3.05) is 19.7 Å². The Hall–Kier alpha value is -1.91. The van der Waals surface area contributed by atoms with Crippen LogP contribution in [0.1, 0.15) is 17.2 Å². The fraction of sp³-hybridized carbons (Fsp3) is 0.312. The van der Waals surface area contributed by atoms with Crippen molar-refractivity contribution in [2.45, 2.75) is 13.0 Å². The normalized spacial score (nSPS) is 12.1. The van der Waals surface area contributed by atoms with Crippen LogP contribution < -0.4 is 10.1 Å². The zero-order chi connectivity index (χ0) is 14.2. The van der Waals surface area contributed by atoms with Crippen molar-refractivity contribution >= 4 is 0 Å². The first-order valence-corrected chi connectivity index (χ1v) is 6.74. The van der Waals surface area contributed by atoms with Crippen LogP contribution in [0, 0.1) is 6.92 Å². The summed E-state index contributed by atoms with van der Waals surface area (Å²) in [4.78, 5) is 3.98. The lowest BCUT2D eigenvalue weighted by Gasteiger charge is -2.12. The van der Waals surface area contributed by atoms with Crippen molar-refractivity contribution in [1.29, 1.82) is 0 Å². The van der Waals surface area contributed by atoms with Crippen molar-refractivity contribution in [3.05, 3.63) is 59.9 Å². The minimum Gasteiger partial charge on any atom is -0.492 e. The monoisotopic (exact) mass is 272 g/mol. The third-order valence-electron chi connectivity index (χ3n) is 2.98. The summed E-state index contributed by atoms with van der Waals surface area (Å²) in [6, 6.07) is 11.6. The Morgan fingerprint density at radius 2 is 2.05 bits per heavy atom. The van der Waals surface area contributed by atoms with Gasteiger partial charge in [0.25, 0.3) is 0 Å². The Balaban J connectivity index is 1.63. The van der Waals surface area contributed by atoms with Gasteiger partial charge in [-0.1, -0.05) is 23.8 Å². The van der Waals surface area contributed by atoms with Crippen molar-refractivity contribution in [3.63, 3.8) is 0 Å². The predicted molar refractivity (Wildman–Crippen MR) is 78.7 cm³/mol. The van der Waals surface area contributed by atoms with Gasteiger partial charge in [-0.25, -0.2) is 0 Å². The highest BCUT2D eigenvalue weighted by atomic mass is 16.5. The molecule has 106 valence electrons. The maximum Gasteiger partial charge on any atom is 0.119 e. The van der Waals surface area contributed by atoms with Crippen LogP contribution in [0.25, 0.3) is 0 Å². The fourth-order valence-corrected chi connectivity index (χ4v) is 1.81. The molecule has 0 saturated carbocycles. The second-order valence-corrected chi connectivity index (χ2v) is 4.67. The van der Waals surface area contributed by atoms with E-state index >= 15 is 0 Å². The second kappa shape index (κ2) is 7.62. The quantitative estimate of drug-likeness (QED) is 0.758. The van der Waals surface area contributed by atoms with Crippen molar-refractivity contribution in [3.8, 4) is 5.75 Å². The summed E-state index contributed by atoms with van der Waals surface area (Å²) in [6.45, 7) is 3.79. The first-order valence-electron chi connectivity index (χ1n) is 6.74. The van der Waals surface area contributed by atoms with Gasteiger partial charge in [0, 0.05) is 31.0 Å². The SMILES string of the molecule is Cc1ccc(OCCNCC(O)c2cccnc2)cc1. The first kappa shape index (κ1) is 14.5. The fourth-order valence-electron chi connectivity index (χ4n) is 1.81. The Labute approximate surface area is 119 Å². The molecule has 0 fully saturated rings. The minimum absolute atomic E-state index is 0.489. The average Bonchev–Trinajstić information content (AvgIpc) is 2.49. The van der Waals surface area contributed by atoms with Crippen LogP contribution in [0.4, 0.5) is 0 Å². The van der Waals surface area contributed by atoms with E-state index in [1.165, 1.54) is 5.56 Å². The number of hydrogen-bond donors (Lipinski definition) is 2. The molecule has 2 N–H and O–H groups in total. The summed E-state index contributed by atoms with van der Waals surface area (Å²) in [5.74, 6) is 0.866. The predicted octanol–water partition coefficient (Wildman–Crippen LogP) is 2.09. The third-order valence-corrected chi connectivity index (χ3v) is 2.98. The molecule has 2 rings (SSSR count). The number of pyridine rings is 1. The lowest BCUT2D eigenvalue weighted by Crippen LogP contribution is -2.26. The molecule has 0 aliphatic carbocycles. The minimum atomic E-state index is -0.539. The van der Waals surface area contributed by atoms with Gasteiger partial charge in [-0.3, -0.25) is 4.98 Å². The summed E-state index contributed by atoms with van der Waals surface area (Å²) in [5, 5.41) is 13.1. The molecule has 20 heavy (non-hydrogen) atoms. The Morgan fingerprint density at radius 3 is 2.75 bits per heavy atom. The molecule has 1 unspecified atom stereocenters. The van der Waals surface area contributed by atoms with Gasteiger partial charge in [0.2, 0.25) is 0 Å². The zero-order valence-corrected chi connectivity index (χ0v) is 11.6. The van der Waals surface area contributed by atoms with Gasteiger partial charge in [-0.2, -0.15) is 0 Å². The van der Waals surface area contributed by atoms with Crippen molar-refractivity contribution < 1.29 is 9.84 Å². The zero-order valence-electron chi connectivity index (χ0n) is 11.6. The molecule has 0 saturated heterocycles. The molecule has 4 nitrogen and oxygen atoms in total. The van der Waals surface area contributed by atoms with E-state index in [-0.39, 0.29) is 0 Å². The number of nitrogens with zero attached hydrogens (tertiary/aromatic N) is 1. The van der Waals surface area contributed by atoms with Gasteiger partial charge in [0.05, 0.1) is 6.10 Å². The number of ether oxygens (including phenoxy) is 1. The van der Waals surface area contributed by atoms with E-state index in [0.717, 1.165) is 11.3 Å². The molecular formula is C16H20N2O2. The molecule has 0 amide bonds. The standard InChI is InChI=1S/C16H20N2O2/c1-13-4-6-15(7-5-13)20-10-9-18-12-16(19)14-3-2-8-17-11-14/h2-8,11,16,18-19H,9-10,12H2,1H3. The molecule has 4 heteroatoms. The van der Waals surface area contributed by atoms with Crippen molar-refractivity contribution in [2.24, 2.45) is 0 Å². The highest BCUT2D eigenvalue weighted by molar-refractivity contribution is 5.26. The van der Waals surface area contributed by atoms with E-state index in [0.29, 0.717) is 19.7 Å². The first-order chi connectivity index (χ1) is 9.75. The number of hydrogen-bond acceptors (Lipinski definition) is 4. The average molecular weight is 272 g/mol. The van der Waals surface area contributed by atoms with E-state index in [9.17, 15) is 5.11 Å². The number of aliphatic hydroxyl groups is 1. The number of benzene rings is 1. The van der Waals surface area contributed by atoms with Gasteiger partial charge in [0.15, 0.2) is 0 Å². The molecule has 1 heterocycles. The van der Waals surface area contributed by atoms with E-state index in [1.807, 2.05) is 43.3 Å². The van der Waals surface area contributed by atoms with E-state index in [2.05, 4.69) is 10.3 Å². The van der Waals surface area contributed by atoms with Crippen LogP contribution in [0.5, 0.6) is 5.75 Å². The smallest absolute Gasteiger partial charge is 0.119 e. The van der Waals surface area contributed by atoms with E-state index in [4.69, 9.17) is 4.74 Å². The van der Waals surface area contributed by atoms with Crippen molar-refractivity contribution in [1.82, 2.24) is 10.3 Å². The van der Waals surface area contributed by atoms with Crippen LogP contribution in [0.2, 0.25) is 0 Å². The topological polar surface area (TPSA) is 54.4 Å². The molecular weight excluding hydrogens is 252 g/mol. The van der Waals surface area contributed by atoms with Gasteiger partial charge in [-0.15, -0.1) is 0 Å². The summed E-state index contributed by atoms with van der Waals surface area (Å²) in [5.41, 5.74) is 2.04. The summed E-state index contributed by atoms with van der Waals surface area (Å²) >= 11 is 0. The number of rotatable bonds is 7. The van der Waals surface area contributed by atoms with Crippen LogP contribution >= 0.6 is 0 Å². The highest BCUT2D eigenvalue weighted by Gasteiger charge is 2.05. The highest BCUT2D eigenvalue weighted by Crippen LogP contribution is 2.11. The Morgan fingerprint density at radius 1 is 1.25 bits per heavy atom. The van der Waals surface area contributed by atoms with E-state index in [1.54, 1.807) is 12.4 Å². The molecule has 0 aliphatic rings. The molecule has 2 aromatic rings. The number of aryl methyl sites for hydroxylation is 1. The molecule has 0 bridgehead atoms. The lowest BCUT2D eigenvalue weighted by molar-refractivity contribution is 0.171. The molecule has 0 spiro atoms. The van der Waals surface area contributed by atoms with Crippen LogP contribution in [-0.4, -0.2) is 29.8 Å². The summed E-state index contributed by atoms with van der Waals surface area (Å²) in [6.07, 6.45) is 2.83. The maximum atomic E-state index is 9.92. The number of aliphatic hydroxyl groups excluding tert-OH is 1. The van der Waals surface area contributed by atoms with E-state index < -0.39 is 6.10 Å².